The van der Waals surface area contributed by atoms with Gasteiger partial charge in [0.25, 0.3) is 5.92 Å². The van der Waals surface area contributed by atoms with Crippen molar-refractivity contribution in [1.82, 2.24) is 15.3 Å². The number of carbonyl (C=O) groups excluding carboxylic acids is 1. The minimum atomic E-state index is -2.82. The number of hydrogen-bond acceptors (Lipinski definition) is 4. The van der Waals surface area contributed by atoms with E-state index >= 15 is 0 Å². The SMILES string of the molecule is COc1cncnc1NC(=O)NC[C@@H]1[C@@H](c2ccccc2)C1(F)F. The van der Waals surface area contributed by atoms with Gasteiger partial charge in [0.15, 0.2) is 11.6 Å². The fourth-order valence-corrected chi connectivity index (χ4v) is 2.67. The first kappa shape index (κ1) is 16.1. The quantitative estimate of drug-likeness (QED) is 0.881. The molecule has 1 aromatic heterocycles. The number of hydrogen-bond donors (Lipinski definition) is 2. The normalized spacial score (nSPS) is 21.0. The number of nitrogens with zero attached hydrogens (tertiary/aromatic N) is 2. The molecule has 1 fully saturated rings. The van der Waals surface area contributed by atoms with Crippen molar-refractivity contribution in [3.05, 3.63) is 48.4 Å². The van der Waals surface area contributed by atoms with E-state index in [9.17, 15) is 13.6 Å². The molecule has 0 bridgehead atoms. The molecule has 3 rings (SSSR count). The summed E-state index contributed by atoms with van der Waals surface area (Å²) < 4.78 is 32.9. The van der Waals surface area contributed by atoms with Gasteiger partial charge >= 0.3 is 6.03 Å². The zero-order valence-corrected chi connectivity index (χ0v) is 12.9. The Morgan fingerprint density at radius 3 is 2.79 bits per heavy atom. The summed E-state index contributed by atoms with van der Waals surface area (Å²) in [4.78, 5) is 19.5. The van der Waals surface area contributed by atoms with Crippen LogP contribution in [-0.2, 0) is 0 Å². The molecule has 8 heteroatoms. The highest BCUT2D eigenvalue weighted by atomic mass is 19.3. The molecule has 6 nitrogen and oxygen atoms in total. The zero-order chi connectivity index (χ0) is 17.2. The van der Waals surface area contributed by atoms with Crippen molar-refractivity contribution in [1.29, 1.82) is 0 Å². The minimum absolute atomic E-state index is 0.133. The number of ether oxygens (including phenoxy) is 1. The fraction of sp³-hybridized carbons (Fsp3) is 0.312. The second-order valence-electron chi connectivity index (χ2n) is 5.44. The standard InChI is InChI=1S/C16H16F2N4O2/c1-24-12-8-19-9-21-14(12)22-15(23)20-7-11-13(16(11,17)18)10-5-3-2-4-6-10/h2-6,8-9,11,13H,7H2,1H3,(H2,19,20,21,22,23)/t11-,13-/m1/s1. The first-order valence-corrected chi connectivity index (χ1v) is 7.35. The topological polar surface area (TPSA) is 76.1 Å². The molecule has 126 valence electrons. The van der Waals surface area contributed by atoms with Gasteiger partial charge in [-0.05, 0) is 5.56 Å². The summed E-state index contributed by atoms with van der Waals surface area (Å²) in [6.07, 6.45) is 2.64. The molecule has 1 aromatic carbocycles. The van der Waals surface area contributed by atoms with Crippen LogP contribution in [0.25, 0.3) is 0 Å². The van der Waals surface area contributed by atoms with Gasteiger partial charge in [0, 0.05) is 6.54 Å². The van der Waals surface area contributed by atoms with Gasteiger partial charge in [0.1, 0.15) is 6.33 Å². The number of alkyl halides is 2. The van der Waals surface area contributed by atoms with Crippen LogP contribution in [0.15, 0.2) is 42.9 Å². The summed E-state index contributed by atoms with van der Waals surface area (Å²) in [5.41, 5.74) is 0.576. The first-order chi connectivity index (χ1) is 11.5. The van der Waals surface area contributed by atoms with E-state index in [1.807, 2.05) is 0 Å². The van der Waals surface area contributed by atoms with Crippen LogP contribution >= 0.6 is 0 Å². The van der Waals surface area contributed by atoms with E-state index < -0.39 is 23.8 Å². The third-order valence-electron chi connectivity index (χ3n) is 3.97. The monoisotopic (exact) mass is 334 g/mol. The third kappa shape index (κ3) is 3.12. The van der Waals surface area contributed by atoms with Gasteiger partial charge in [-0.1, -0.05) is 30.3 Å². The number of halogens is 2. The summed E-state index contributed by atoms with van der Waals surface area (Å²) in [5, 5.41) is 4.91. The van der Waals surface area contributed by atoms with Crippen LogP contribution in [0.4, 0.5) is 19.4 Å². The molecular weight excluding hydrogens is 318 g/mol. The molecule has 1 saturated carbocycles. The molecule has 0 unspecified atom stereocenters. The van der Waals surface area contributed by atoms with Crippen molar-refractivity contribution in [3.8, 4) is 5.75 Å². The maximum atomic E-state index is 13.9. The van der Waals surface area contributed by atoms with Gasteiger partial charge in [-0.3, -0.25) is 5.32 Å². The van der Waals surface area contributed by atoms with Crippen molar-refractivity contribution in [2.24, 2.45) is 5.92 Å². The molecule has 1 aliphatic carbocycles. The van der Waals surface area contributed by atoms with Crippen LogP contribution in [0, 0.1) is 5.92 Å². The molecule has 2 N–H and O–H groups in total. The van der Waals surface area contributed by atoms with Gasteiger partial charge < -0.3 is 10.1 Å². The molecule has 1 heterocycles. The lowest BCUT2D eigenvalue weighted by atomic mass is 10.1. The van der Waals surface area contributed by atoms with Crippen LogP contribution in [0.2, 0.25) is 0 Å². The van der Waals surface area contributed by atoms with Crippen molar-refractivity contribution in [3.63, 3.8) is 0 Å². The van der Waals surface area contributed by atoms with Crippen LogP contribution in [0.1, 0.15) is 11.5 Å². The zero-order valence-electron chi connectivity index (χ0n) is 12.9. The number of methoxy groups -OCH3 is 1. The predicted octanol–water partition coefficient (Wildman–Crippen LogP) is 2.66. The minimum Gasteiger partial charge on any atom is -0.491 e. The number of benzene rings is 1. The highest BCUT2D eigenvalue weighted by molar-refractivity contribution is 5.89. The average molecular weight is 334 g/mol. The molecule has 0 saturated heterocycles. The third-order valence-corrected chi connectivity index (χ3v) is 3.97. The summed E-state index contributed by atoms with van der Waals surface area (Å²) in [7, 11) is 1.41. The van der Waals surface area contributed by atoms with Gasteiger partial charge in [-0.15, -0.1) is 0 Å². The maximum absolute atomic E-state index is 13.9. The van der Waals surface area contributed by atoms with E-state index in [0.29, 0.717) is 5.56 Å². The lowest BCUT2D eigenvalue weighted by molar-refractivity contribution is 0.0936. The van der Waals surface area contributed by atoms with E-state index in [1.54, 1.807) is 30.3 Å². The number of urea groups is 1. The number of anilines is 1. The highest BCUT2D eigenvalue weighted by Gasteiger charge is 2.68. The highest BCUT2D eigenvalue weighted by Crippen LogP contribution is 2.61. The van der Waals surface area contributed by atoms with Crippen LogP contribution in [0.5, 0.6) is 5.75 Å². The molecule has 2 atom stereocenters. The van der Waals surface area contributed by atoms with Gasteiger partial charge in [-0.2, -0.15) is 0 Å². The van der Waals surface area contributed by atoms with E-state index in [2.05, 4.69) is 20.6 Å². The summed E-state index contributed by atoms with van der Waals surface area (Å²) in [5.74, 6) is -4.15. The number of rotatable bonds is 5. The van der Waals surface area contributed by atoms with Gasteiger partial charge in [-0.25, -0.2) is 23.5 Å². The number of nitrogens with one attached hydrogen (secondary N) is 2. The molecule has 24 heavy (non-hydrogen) atoms. The van der Waals surface area contributed by atoms with Crippen molar-refractivity contribution in [2.75, 3.05) is 19.0 Å². The number of carbonyl (C=O) groups is 1. The molecule has 0 spiro atoms. The van der Waals surface area contributed by atoms with E-state index in [4.69, 9.17) is 4.74 Å². The number of amides is 2. The van der Waals surface area contributed by atoms with Crippen molar-refractivity contribution < 1.29 is 18.3 Å². The Kier molecular flexibility index (Phi) is 4.28. The summed E-state index contributed by atoms with van der Waals surface area (Å²) in [6, 6.07) is 7.95. The average Bonchev–Trinajstić information content (AvgIpc) is 3.15. The molecule has 0 radical (unpaired) electrons. The summed E-state index contributed by atoms with van der Waals surface area (Å²) in [6.45, 7) is -0.133. The largest absolute Gasteiger partial charge is 0.491 e. The van der Waals surface area contributed by atoms with Gasteiger partial charge in [0.2, 0.25) is 0 Å². The van der Waals surface area contributed by atoms with Crippen molar-refractivity contribution >= 4 is 11.8 Å². The molecule has 2 aromatic rings. The molecular formula is C16H16F2N4O2. The Morgan fingerprint density at radius 2 is 2.08 bits per heavy atom. The maximum Gasteiger partial charge on any atom is 0.320 e. The van der Waals surface area contributed by atoms with Crippen LogP contribution in [0.3, 0.4) is 0 Å². The van der Waals surface area contributed by atoms with E-state index in [0.717, 1.165) is 0 Å². The van der Waals surface area contributed by atoms with E-state index in [1.165, 1.54) is 19.6 Å². The summed E-state index contributed by atoms with van der Waals surface area (Å²) >= 11 is 0. The second-order valence-corrected chi connectivity index (χ2v) is 5.44. The van der Waals surface area contributed by atoms with Gasteiger partial charge in [0.05, 0.1) is 25.1 Å². The molecule has 0 aliphatic heterocycles. The van der Waals surface area contributed by atoms with Crippen molar-refractivity contribution in [2.45, 2.75) is 11.8 Å². The Hall–Kier alpha value is -2.77. The van der Waals surface area contributed by atoms with Crippen LogP contribution < -0.4 is 15.4 Å². The number of aromatic nitrogens is 2. The Morgan fingerprint density at radius 1 is 1.33 bits per heavy atom. The molecule has 1 aliphatic rings. The Bertz CT molecular complexity index is 727. The fourth-order valence-electron chi connectivity index (χ4n) is 2.67. The Balaban J connectivity index is 1.57. The lowest BCUT2D eigenvalue weighted by Crippen LogP contribution is -2.31. The smallest absolute Gasteiger partial charge is 0.320 e. The van der Waals surface area contributed by atoms with E-state index in [-0.39, 0.29) is 18.1 Å². The Labute approximate surface area is 137 Å². The predicted molar refractivity (Wildman–Crippen MR) is 83.2 cm³/mol. The molecule has 2 amide bonds. The lowest BCUT2D eigenvalue weighted by Gasteiger charge is -2.09. The second kappa shape index (κ2) is 6.38. The van der Waals surface area contributed by atoms with Crippen LogP contribution in [-0.4, -0.2) is 35.6 Å². The first-order valence-electron chi connectivity index (χ1n) is 7.35.